The standard InChI is InChI=1S/C14H21BrO2/c1-4-16-12-7-5-6-8-13(12)17-10-9-14(2,3)11-15/h5-8H,4,9-11H2,1-3H3. The Labute approximate surface area is 112 Å². The Morgan fingerprint density at radius 3 is 2.24 bits per heavy atom. The van der Waals surface area contributed by atoms with E-state index in [4.69, 9.17) is 9.47 Å². The van der Waals surface area contributed by atoms with Crippen molar-refractivity contribution < 1.29 is 9.47 Å². The predicted octanol–water partition coefficient (Wildman–Crippen LogP) is 4.28. The zero-order chi connectivity index (χ0) is 12.7. The summed E-state index contributed by atoms with van der Waals surface area (Å²) in [7, 11) is 0. The summed E-state index contributed by atoms with van der Waals surface area (Å²) in [6.45, 7) is 7.79. The lowest BCUT2D eigenvalue weighted by atomic mass is 9.93. The van der Waals surface area contributed by atoms with Crippen LogP contribution in [0.4, 0.5) is 0 Å². The highest BCUT2D eigenvalue weighted by molar-refractivity contribution is 9.09. The number of hydrogen-bond donors (Lipinski definition) is 0. The lowest BCUT2D eigenvalue weighted by Gasteiger charge is -2.21. The molecule has 1 aromatic carbocycles. The van der Waals surface area contributed by atoms with Gasteiger partial charge >= 0.3 is 0 Å². The molecule has 0 heterocycles. The summed E-state index contributed by atoms with van der Waals surface area (Å²) in [5, 5.41) is 0.983. The van der Waals surface area contributed by atoms with Gasteiger partial charge in [-0.1, -0.05) is 41.9 Å². The fourth-order valence-corrected chi connectivity index (χ4v) is 1.63. The van der Waals surface area contributed by atoms with Gasteiger partial charge in [-0.2, -0.15) is 0 Å². The Hall–Kier alpha value is -0.700. The van der Waals surface area contributed by atoms with Crippen LogP contribution in [0, 0.1) is 5.41 Å². The molecule has 0 saturated carbocycles. The molecule has 3 heteroatoms. The van der Waals surface area contributed by atoms with E-state index in [9.17, 15) is 0 Å². The molecule has 0 atom stereocenters. The Bertz CT molecular complexity index is 337. The quantitative estimate of drug-likeness (QED) is 0.700. The number of halogens is 1. The van der Waals surface area contributed by atoms with E-state index in [2.05, 4.69) is 29.8 Å². The lowest BCUT2D eigenvalue weighted by Crippen LogP contribution is -2.17. The highest BCUT2D eigenvalue weighted by atomic mass is 79.9. The molecule has 0 fully saturated rings. The zero-order valence-electron chi connectivity index (χ0n) is 10.8. The lowest BCUT2D eigenvalue weighted by molar-refractivity contribution is 0.232. The molecule has 96 valence electrons. The highest BCUT2D eigenvalue weighted by Crippen LogP contribution is 2.28. The molecule has 0 aromatic heterocycles. The molecule has 1 aromatic rings. The molecule has 0 saturated heterocycles. The molecule has 0 bridgehead atoms. The van der Waals surface area contributed by atoms with Crippen LogP contribution in [-0.4, -0.2) is 18.5 Å². The number of ether oxygens (including phenoxy) is 2. The van der Waals surface area contributed by atoms with Crippen LogP contribution < -0.4 is 9.47 Å². The van der Waals surface area contributed by atoms with Crippen LogP contribution in [0.2, 0.25) is 0 Å². The molecule has 0 aliphatic carbocycles. The zero-order valence-corrected chi connectivity index (χ0v) is 12.4. The van der Waals surface area contributed by atoms with Gasteiger partial charge in [0.25, 0.3) is 0 Å². The van der Waals surface area contributed by atoms with Crippen molar-refractivity contribution >= 4 is 15.9 Å². The van der Waals surface area contributed by atoms with Gasteiger partial charge in [0.05, 0.1) is 13.2 Å². The average molecular weight is 301 g/mol. The second-order valence-electron chi connectivity index (χ2n) is 4.78. The molecule has 0 spiro atoms. The molecular weight excluding hydrogens is 280 g/mol. The van der Waals surface area contributed by atoms with E-state index in [0.29, 0.717) is 13.2 Å². The maximum atomic E-state index is 5.78. The molecule has 0 radical (unpaired) electrons. The Morgan fingerprint density at radius 2 is 1.71 bits per heavy atom. The van der Waals surface area contributed by atoms with Gasteiger partial charge in [0.15, 0.2) is 11.5 Å². The number of hydrogen-bond acceptors (Lipinski definition) is 2. The smallest absolute Gasteiger partial charge is 0.161 e. The number of para-hydroxylation sites is 2. The van der Waals surface area contributed by atoms with Crippen molar-refractivity contribution in [2.45, 2.75) is 27.2 Å². The Kier molecular flexibility index (Phi) is 5.83. The van der Waals surface area contributed by atoms with Crippen LogP contribution in [-0.2, 0) is 0 Å². The first kappa shape index (κ1) is 14.4. The van der Waals surface area contributed by atoms with Crippen molar-refractivity contribution in [1.82, 2.24) is 0 Å². The summed E-state index contributed by atoms with van der Waals surface area (Å²) < 4.78 is 11.3. The average Bonchev–Trinajstić information content (AvgIpc) is 2.31. The topological polar surface area (TPSA) is 18.5 Å². The van der Waals surface area contributed by atoms with Gasteiger partial charge in [-0.3, -0.25) is 0 Å². The number of rotatable bonds is 7. The molecule has 0 unspecified atom stereocenters. The van der Waals surface area contributed by atoms with Crippen molar-refractivity contribution in [2.75, 3.05) is 18.5 Å². The molecule has 1 rings (SSSR count). The first-order valence-corrected chi connectivity index (χ1v) is 7.12. The van der Waals surface area contributed by atoms with Crippen LogP contribution in [0.25, 0.3) is 0 Å². The van der Waals surface area contributed by atoms with Gasteiger partial charge in [0, 0.05) is 5.33 Å². The minimum atomic E-state index is 0.264. The Balaban J connectivity index is 2.51. The van der Waals surface area contributed by atoms with Crippen molar-refractivity contribution in [3.8, 4) is 11.5 Å². The van der Waals surface area contributed by atoms with E-state index >= 15 is 0 Å². The predicted molar refractivity (Wildman–Crippen MR) is 75.3 cm³/mol. The van der Waals surface area contributed by atoms with Crippen LogP contribution in [0.1, 0.15) is 27.2 Å². The van der Waals surface area contributed by atoms with Crippen LogP contribution in [0.15, 0.2) is 24.3 Å². The summed E-state index contributed by atoms with van der Waals surface area (Å²) >= 11 is 3.52. The monoisotopic (exact) mass is 300 g/mol. The van der Waals surface area contributed by atoms with Crippen LogP contribution in [0.3, 0.4) is 0 Å². The van der Waals surface area contributed by atoms with Crippen molar-refractivity contribution in [2.24, 2.45) is 5.41 Å². The minimum Gasteiger partial charge on any atom is -0.490 e. The van der Waals surface area contributed by atoms with Crippen molar-refractivity contribution in [3.05, 3.63) is 24.3 Å². The maximum absolute atomic E-state index is 5.78. The van der Waals surface area contributed by atoms with Crippen LogP contribution in [0.5, 0.6) is 11.5 Å². The van der Waals surface area contributed by atoms with Crippen molar-refractivity contribution in [3.63, 3.8) is 0 Å². The van der Waals surface area contributed by atoms with E-state index in [-0.39, 0.29) is 5.41 Å². The highest BCUT2D eigenvalue weighted by Gasteiger charge is 2.16. The van der Waals surface area contributed by atoms with Crippen LogP contribution >= 0.6 is 15.9 Å². The third-order valence-electron chi connectivity index (χ3n) is 2.55. The molecule has 17 heavy (non-hydrogen) atoms. The number of benzene rings is 1. The first-order valence-electron chi connectivity index (χ1n) is 5.99. The Morgan fingerprint density at radius 1 is 1.12 bits per heavy atom. The first-order chi connectivity index (χ1) is 8.09. The van der Waals surface area contributed by atoms with Gasteiger partial charge in [0.2, 0.25) is 0 Å². The van der Waals surface area contributed by atoms with E-state index in [1.54, 1.807) is 0 Å². The molecule has 2 nitrogen and oxygen atoms in total. The molecule has 0 aliphatic rings. The second kappa shape index (κ2) is 6.90. The summed E-state index contributed by atoms with van der Waals surface area (Å²) in [4.78, 5) is 0. The number of alkyl halides is 1. The normalized spacial score (nSPS) is 11.3. The SMILES string of the molecule is CCOc1ccccc1OCCC(C)(C)CBr. The summed E-state index contributed by atoms with van der Waals surface area (Å²) in [5.74, 6) is 1.66. The molecule has 0 amide bonds. The van der Waals surface area contributed by atoms with E-state index < -0.39 is 0 Å². The summed E-state index contributed by atoms with van der Waals surface area (Å²) in [5.41, 5.74) is 0.264. The van der Waals surface area contributed by atoms with E-state index in [1.165, 1.54) is 0 Å². The third-order valence-corrected chi connectivity index (χ3v) is 4.07. The van der Waals surface area contributed by atoms with E-state index in [0.717, 1.165) is 23.2 Å². The molecular formula is C14H21BrO2. The van der Waals surface area contributed by atoms with Gasteiger partial charge in [-0.15, -0.1) is 0 Å². The fourth-order valence-electron chi connectivity index (χ4n) is 1.35. The van der Waals surface area contributed by atoms with Gasteiger partial charge in [-0.25, -0.2) is 0 Å². The van der Waals surface area contributed by atoms with Crippen molar-refractivity contribution in [1.29, 1.82) is 0 Å². The minimum absolute atomic E-state index is 0.264. The fraction of sp³-hybridized carbons (Fsp3) is 0.571. The molecule has 0 N–H and O–H groups in total. The second-order valence-corrected chi connectivity index (χ2v) is 5.34. The van der Waals surface area contributed by atoms with Gasteiger partial charge in [0.1, 0.15) is 0 Å². The summed E-state index contributed by atoms with van der Waals surface area (Å²) in [6.07, 6.45) is 1.01. The van der Waals surface area contributed by atoms with E-state index in [1.807, 2.05) is 31.2 Å². The maximum Gasteiger partial charge on any atom is 0.161 e. The van der Waals surface area contributed by atoms with Gasteiger partial charge in [-0.05, 0) is 30.9 Å². The summed E-state index contributed by atoms with van der Waals surface area (Å²) in [6, 6.07) is 7.81. The van der Waals surface area contributed by atoms with Gasteiger partial charge < -0.3 is 9.47 Å². The molecule has 0 aliphatic heterocycles. The largest absolute Gasteiger partial charge is 0.490 e. The third kappa shape index (κ3) is 4.99.